The van der Waals surface area contributed by atoms with E-state index in [9.17, 15) is 22.8 Å². The van der Waals surface area contributed by atoms with E-state index in [1.807, 2.05) is 5.32 Å². The smallest absolute Gasteiger partial charge is 0.436 e. The molecule has 156 valence electrons. The molecule has 1 aliphatic heterocycles. The monoisotopic (exact) mass is 394 g/mol. The topological polar surface area (TPSA) is 76.7 Å². The molecule has 2 aliphatic rings. The highest BCUT2D eigenvalue weighted by molar-refractivity contribution is 5.88. The molecule has 0 spiro atoms. The molecule has 1 saturated carbocycles. The van der Waals surface area contributed by atoms with Crippen molar-refractivity contribution in [3.05, 3.63) is 0 Å². The molecule has 27 heavy (non-hydrogen) atoms. The number of methoxy groups -OCH3 is 1. The van der Waals surface area contributed by atoms with Gasteiger partial charge in [-0.2, -0.15) is 13.2 Å². The van der Waals surface area contributed by atoms with Crippen LogP contribution in [0.1, 0.15) is 57.8 Å². The minimum absolute atomic E-state index is 0.0545. The summed E-state index contributed by atoms with van der Waals surface area (Å²) < 4.78 is 51.2. The first-order chi connectivity index (χ1) is 12.8. The van der Waals surface area contributed by atoms with Crippen LogP contribution in [0.2, 0.25) is 0 Å². The van der Waals surface area contributed by atoms with E-state index in [2.05, 4.69) is 10.1 Å². The van der Waals surface area contributed by atoms with Crippen LogP contribution in [0, 0.1) is 5.92 Å². The quantitative estimate of drug-likeness (QED) is 0.489. The third kappa shape index (κ3) is 5.81. The largest absolute Gasteiger partial charge is 0.466 e. The second-order valence-electron chi connectivity index (χ2n) is 7.35. The van der Waals surface area contributed by atoms with Crippen molar-refractivity contribution in [1.82, 2.24) is 10.6 Å². The molecule has 0 bridgehead atoms. The number of alkyl halides is 3. The SMILES string of the molecule is COC(=O)[C@@](NC[C@H]1CCCO1)(NC(=O)CCC1CCCCC1)C(F)(F)F. The van der Waals surface area contributed by atoms with E-state index in [1.165, 1.54) is 0 Å². The van der Waals surface area contributed by atoms with Gasteiger partial charge in [0.2, 0.25) is 5.91 Å². The number of hydrogen-bond acceptors (Lipinski definition) is 5. The van der Waals surface area contributed by atoms with Crippen LogP contribution < -0.4 is 10.6 Å². The molecule has 2 N–H and O–H groups in total. The van der Waals surface area contributed by atoms with Crippen molar-refractivity contribution in [2.45, 2.75) is 75.7 Å². The normalized spacial score (nSPS) is 23.6. The molecule has 2 atom stereocenters. The summed E-state index contributed by atoms with van der Waals surface area (Å²) in [4.78, 5) is 24.3. The van der Waals surface area contributed by atoms with Crippen LogP contribution in [0.3, 0.4) is 0 Å². The van der Waals surface area contributed by atoms with E-state index in [1.54, 1.807) is 0 Å². The lowest BCUT2D eigenvalue weighted by Crippen LogP contribution is -2.73. The number of esters is 1. The standard InChI is InChI=1S/C18H29F3N2O4/c1-26-16(25)17(18(19,20)21,22-12-14-8-5-11-27-14)23-15(24)10-9-13-6-3-2-4-7-13/h13-14,22H,2-12H2,1H3,(H,23,24)/t14-,17-/m1/s1. The summed E-state index contributed by atoms with van der Waals surface area (Å²) in [7, 11) is 0.866. The molecule has 0 radical (unpaired) electrons. The number of halogens is 3. The second-order valence-corrected chi connectivity index (χ2v) is 7.35. The minimum Gasteiger partial charge on any atom is -0.466 e. The number of rotatable bonds is 8. The predicted molar refractivity (Wildman–Crippen MR) is 91.7 cm³/mol. The fourth-order valence-corrected chi connectivity index (χ4v) is 3.76. The maximum Gasteiger partial charge on any atom is 0.436 e. The Labute approximate surface area is 157 Å². The van der Waals surface area contributed by atoms with Gasteiger partial charge in [-0.3, -0.25) is 10.1 Å². The Hall–Kier alpha value is -1.35. The molecule has 0 aromatic rings. The fraction of sp³-hybridized carbons (Fsp3) is 0.889. The van der Waals surface area contributed by atoms with Crippen LogP contribution in [0.15, 0.2) is 0 Å². The van der Waals surface area contributed by atoms with Crippen molar-refractivity contribution in [2.75, 3.05) is 20.3 Å². The van der Waals surface area contributed by atoms with Gasteiger partial charge in [-0.25, -0.2) is 4.79 Å². The van der Waals surface area contributed by atoms with E-state index in [4.69, 9.17) is 4.74 Å². The lowest BCUT2D eigenvalue weighted by Gasteiger charge is -2.35. The predicted octanol–water partition coefficient (Wildman–Crippen LogP) is 2.66. The third-order valence-electron chi connectivity index (χ3n) is 5.37. The average molecular weight is 394 g/mol. The Kier molecular flexibility index (Phi) is 7.91. The highest BCUT2D eigenvalue weighted by Crippen LogP contribution is 2.31. The van der Waals surface area contributed by atoms with Crippen LogP contribution >= 0.6 is 0 Å². The van der Waals surface area contributed by atoms with Gasteiger partial charge in [-0.1, -0.05) is 32.1 Å². The molecule has 9 heteroatoms. The summed E-state index contributed by atoms with van der Waals surface area (Å²) in [6.07, 6.45) is 1.64. The van der Waals surface area contributed by atoms with Crippen LogP contribution in [0.4, 0.5) is 13.2 Å². The van der Waals surface area contributed by atoms with Gasteiger partial charge >= 0.3 is 12.1 Å². The number of carbonyl (C=O) groups excluding carboxylic acids is 2. The maximum atomic E-state index is 13.8. The molecular weight excluding hydrogens is 365 g/mol. The number of nitrogens with one attached hydrogen (secondary N) is 2. The molecule has 2 fully saturated rings. The summed E-state index contributed by atoms with van der Waals surface area (Å²) in [5, 5.41) is 4.06. The Morgan fingerprint density at radius 2 is 1.81 bits per heavy atom. The average Bonchev–Trinajstić information content (AvgIpc) is 3.16. The van der Waals surface area contributed by atoms with Gasteiger partial charge in [0.05, 0.1) is 13.2 Å². The zero-order chi connectivity index (χ0) is 19.9. The highest BCUT2D eigenvalue weighted by Gasteiger charge is 2.63. The van der Waals surface area contributed by atoms with Gasteiger partial charge in [-0.15, -0.1) is 0 Å². The van der Waals surface area contributed by atoms with E-state index < -0.39 is 29.8 Å². The number of hydrogen-bond donors (Lipinski definition) is 2. The van der Waals surface area contributed by atoms with Crippen LogP contribution in [-0.4, -0.2) is 50.1 Å². The molecular formula is C18H29F3N2O4. The lowest BCUT2D eigenvalue weighted by molar-refractivity contribution is -0.221. The van der Waals surface area contributed by atoms with Gasteiger partial charge in [0.15, 0.2) is 0 Å². The van der Waals surface area contributed by atoms with Crippen LogP contribution in [0.25, 0.3) is 0 Å². The van der Waals surface area contributed by atoms with Crippen molar-refractivity contribution in [2.24, 2.45) is 5.92 Å². The van der Waals surface area contributed by atoms with Gasteiger partial charge in [0.25, 0.3) is 5.66 Å². The molecule has 0 aromatic heterocycles. The summed E-state index contributed by atoms with van der Waals surface area (Å²) >= 11 is 0. The Bertz CT molecular complexity index is 503. The molecule has 2 rings (SSSR count). The first kappa shape index (κ1) is 21.9. The molecule has 1 amide bonds. The number of amides is 1. The van der Waals surface area contributed by atoms with Crippen molar-refractivity contribution < 1.29 is 32.2 Å². The molecule has 1 saturated heterocycles. The van der Waals surface area contributed by atoms with Crippen LogP contribution in [0.5, 0.6) is 0 Å². The maximum absolute atomic E-state index is 13.8. The Balaban J connectivity index is 2.04. The minimum atomic E-state index is -5.06. The van der Waals surface area contributed by atoms with Gasteiger partial charge in [-0.05, 0) is 25.2 Å². The molecule has 6 nitrogen and oxygen atoms in total. The third-order valence-corrected chi connectivity index (χ3v) is 5.37. The summed E-state index contributed by atoms with van der Waals surface area (Å²) in [5.74, 6) is -2.05. The number of ether oxygens (including phenoxy) is 2. The van der Waals surface area contributed by atoms with E-state index in [0.29, 0.717) is 25.4 Å². The zero-order valence-corrected chi connectivity index (χ0v) is 15.7. The van der Waals surface area contributed by atoms with Crippen molar-refractivity contribution in [3.63, 3.8) is 0 Å². The second kappa shape index (κ2) is 9.73. The molecule has 1 heterocycles. The first-order valence-electron chi connectivity index (χ1n) is 9.61. The van der Waals surface area contributed by atoms with Crippen molar-refractivity contribution in [3.8, 4) is 0 Å². The van der Waals surface area contributed by atoms with Gasteiger partial charge in [0, 0.05) is 19.6 Å². The first-order valence-corrected chi connectivity index (χ1v) is 9.61. The Morgan fingerprint density at radius 1 is 1.11 bits per heavy atom. The van der Waals surface area contributed by atoms with E-state index in [-0.39, 0.29) is 13.0 Å². The Morgan fingerprint density at radius 3 is 2.37 bits per heavy atom. The fourth-order valence-electron chi connectivity index (χ4n) is 3.76. The van der Waals surface area contributed by atoms with Gasteiger partial charge in [0.1, 0.15) is 0 Å². The highest BCUT2D eigenvalue weighted by atomic mass is 19.4. The summed E-state index contributed by atoms with van der Waals surface area (Å²) in [6.45, 7) is 0.259. The molecule has 0 aromatic carbocycles. The number of carbonyl (C=O) groups is 2. The summed E-state index contributed by atoms with van der Waals surface area (Å²) in [5.41, 5.74) is -3.27. The molecule has 0 unspecified atom stereocenters. The van der Waals surface area contributed by atoms with Crippen molar-refractivity contribution in [1.29, 1.82) is 0 Å². The van der Waals surface area contributed by atoms with Crippen molar-refractivity contribution >= 4 is 11.9 Å². The summed E-state index contributed by atoms with van der Waals surface area (Å²) in [6, 6.07) is 0. The lowest BCUT2D eigenvalue weighted by atomic mass is 9.86. The van der Waals surface area contributed by atoms with E-state index in [0.717, 1.165) is 45.6 Å². The van der Waals surface area contributed by atoms with E-state index >= 15 is 0 Å². The van der Waals surface area contributed by atoms with Crippen LogP contribution in [-0.2, 0) is 19.1 Å². The molecule has 1 aliphatic carbocycles. The van der Waals surface area contributed by atoms with Gasteiger partial charge < -0.3 is 14.8 Å². The zero-order valence-electron chi connectivity index (χ0n) is 15.7.